The van der Waals surface area contributed by atoms with Crippen LogP contribution in [0.2, 0.25) is 0 Å². The van der Waals surface area contributed by atoms with Crippen LogP contribution in [0.4, 0.5) is 17.6 Å². The Morgan fingerprint density at radius 3 is 1.17 bits per heavy atom. The predicted molar refractivity (Wildman–Crippen MR) is 101 cm³/mol. The van der Waals surface area contributed by atoms with E-state index >= 15 is 0 Å². The molecule has 2 atom stereocenters. The van der Waals surface area contributed by atoms with E-state index in [0.29, 0.717) is 0 Å². The molecule has 0 amide bonds. The smallest absolute Gasteiger partial charge is 0.329 e. The summed E-state index contributed by atoms with van der Waals surface area (Å²) in [6.07, 6.45) is -6.90. The molecule has 0 spiro atoms. The maximum atomic E-state index is 12.3. The average Bonchev–Trinajstić information content (AvgIpc) is 2.61. The minimum absolute atomic E-state index is 0.0707. The lowest BCUT2D eigenvalue weighted by atomic mass is 9.95. The summed E-state index contributed by atoms with van der Waals surface area (Å²) in [5.41, 5.74) is 25.0. The Morgan fingerprint density at radius 1 is 0.733 bits per heavy atom. The second-order valence-electron chi connectivity index (χ2n) is 6.11. The van der Waals surface area contributed by atoms with Gasteiger partial charge < -0.3 is 44.6 Å². The Kier molecular flexibility index (Phi) is 13.1. The summed E-state index contributed by atoms with van der Waals surface area (Å²) in [5, 5.41) is 17.0. The Bertz CT molecular complexity index is 563. The van der Waals surface area contributed by atoms with Gasteiger partial charge in [0.05, 0.1) is 0 Å². The molecule has 14 N–H and O–H groups in total. The summed E-state index contributed by atoms with van der Waals surface area (Å²) < 4.78 is 49.3. The van der Waals surface area contributed by atoms with Crippen LogP contribution < -0.4 is 34.4 Å². The van der Waals surface area contributed by atoms with Gasteiger partial charge in [0.15, 0.2) is 23.0 Å². The lowest BCUT2D eigenvalue weighted by molar-refractivity contribution is -0.151. The van der Waals surface area contributed by atoms with Crippen molar-refractivity contribution in [2.75, 3.05) is 13.1 Å². The van der Waals surface area contributed by atoms with E-state index in [2.05, 4.69) is 9.98 Å². The largest absolute Gasteiger partial charge is 0.480 e. The van der Waals surface area contributed by atoms with Crippen LogP contribution in [-0.4, -0.2) is 71.1 Å². The highest BCUT2D eigenvalue weighted by molar-refractivity contribution is 5.79. The first-order chi connectivity index (χ1) is 13.6. The quantitative estimate of drug-likeness (QED) is 0.0717. The number of nitrogens with zero attached hydrogens (tertiary/aromatic N) is 2. The van der Waals surface area contributed by atoms with Gasteiger partial charge in [-0.3, -0.25) is 9.98 Å². The van der Waals surface area contributed by atoms with Crippen LogP contribution in [-0.2, 0) is 9.59 Å². The molecule has 0 saturated heterocycles. The van der Waals surface area contributed by atoms with Crippen LogP contribution in [0.3, 0.4) is 0 Å². The zero-order valence-corrected chi connectivity index (χ0v) is 16.0. The van der Waals surface area contributed by atoms with Crippen LogP contribution in [0, 0.1) is 0 Å². The minimum Gasteiger partial charge on any atom is -0.480 e. The molecule has 0 aliphatic rings. The second kappa shape index (κ2) is 13.4. The third kappa shape index (κ3) is 10.6. The fourth-order valence-corrected chi connectivity index (χ4v) is 1.78. The Morgan fingerprint density at radius 2 is 1.00 bits per heavy atom. The molecular weight excluding hydrogens is 420 g/mol. The number of guanidine groups is 2. The molecule has 0 radical (unpaired) electrons. The highest BCUT2D eigenvalue weighted by atomic mass is 19.3. The number of carbonyl (C=O) groups is 2. The van der Waals surface area contributed by atoms with Crippen molar-refractivity contribution in [1.29, 1.82) is 0 Å². The average molecular weight is 448 g/mol. The van der Waals surface area contributed by atoms with Crippen molar-refractivity contribution in [2.45, 2.75) is 49.6 Å². The van der Waals surface area contributed by atoms with Crippen molar-refractivity contribution >= 4 is 23.9 Å². The van der Waals surface area contributed by atoms with Crippen molar-refractivity contribution in [3.63, 3.8) is 0 Å². The van der Waals surface area contributed by atoms with Gasteiger partial charge in [-0.15, -0.1) is 0 Å². The van der Waals surface area contributed by atoms with E-state index < -0.39 is 48.7 Å². The van der Waals surface area contributed by atoms with E-state index in [0.717, 1.165) is 0 Å². The van der Waals surface area contributed by atoms with Crippen LogP contribution >= 0.6 is 0 Å². The van der Waals surface area contributed by atoms with Gasteiger partial charge in [0.2, 0.25) is 0 Å². The maximum absolute atomic E-state index is 12.3. The van der Waals surface area contributed by atoms with Gasteiger partial charge in [-0.25, -0.2) is 27.2 Å². The molecule has 0 heterocycles. The molecule has 0 aromatic rings. The van der Waals surface area contributed by atoms with E-state index in [9.17, 15) is 27.2 Å². The van der Waals surface area contributed by atoms with E-state index in [-0.39, 0.29) is 37.9 Å². The molecule has 30 heavy (non-hydrogen) atoms. The molecule has 0 unspecified atom stereocenters. The normalized spacial score (nSPS) is 14.7. The van der Waals surface area contributed by atoms with Crippen molar-refractivity contribution in [3.05, 3.63) is 0 Å². The molecule has 0 aliphatic heterocycles. The molecule has 12 nitrogen and oxygen atoms in total. The van der Waals surface area contributed by atoms with Crippen LogP contribution in [0.25, 0.3) is 0 Å². The Labute approximate surface area is 169 Å². The summed E-state index contributed by atoms with van der Waals surface area (Å²) in [7, 11) is 0. The molecule has 0 aromatic heterocycles. The minimum atomic E-state index is -3.13. The van der Waals surface area contributed by atoms with Crippen molar-refractivity contribution < 1.29 is 37.4 Å². The lowest BCUT2D eigenvalue weighted by Gasteiger charge is -2.22. The molecule has 0 bridgehead atoms. The summed E-state index contributed by atoms with van der Waals surface area (Å²) in [6.45, 7) is 0.141. The Balaban J connectivity index is 0. The molecule has 0 fully saturated rings. The van der Waals surface area contributed by atoms with Gasteiger partial charge in [-0.05, 0) is 25.7 Å². The van der Waals surface area contributed by atoms with Gasteiger partial charge >= 0.3 is 11.9 Å². The molecule has 16 heteroatoms. The van der Waals surface area contributed by atoms with Gasteiger partial charge in [-0.1, -0.05) is 0 Å². The maximum Gasteiger partial charge on any atom is 0.329 e. The van der Waals surface area contributed by atoms with E-state index in [1.807, 2.05) is 0 Å². The molecule has 0 aliphatic carbocycles. The number of halogens is 4. The molecule has 0 saturated carbocycles. The summed E-state index contributed by atoms with van der Waals surface area (Å²) in [5.74, 6) is -3.82. The monoisotopic (exact) mass is 448 g/mol. The number of carboxylic acids is 2. The van der Waals surface area contributed by atoms with Gasteiger partial charge in [0, 0.05) is 13.1 Å². The fourth-order valence-electron chi connectivity index (χ4n) is 1.78. The number of aliphatic imine (C=N–C) groups is 2. The number of nitrogens with two attached hydrogens (primary N) is 6. The van der Waals surface area contributed by atoms with Gasteiger partial charge in [0.25, 0.3) is 12.9 Å². The first-order valence-corrected chi connectivity index (χ1v) is 8.32. The van der Waals surface area contributed by atoms with Gasteiger partial charge in [0.1, 0.15) is 0 Å². The van der Waals surface area contributed by atoms with Crippen LogP contribution in [0.15, 0.2) is 9.98 Å². The topological polar surface area (TPSA) is 255 Å². The standard InChI is InChI=1S/2C7H14F2N4O2/c2*8-4(9)7(12,5(14)15)2-1-3-13-6(10)11/h2*4H,1-3,12H2,(H,14,15)(H4,10,11,13)/t2*7-/m11/s1. The molecule has 0 aromatic carbocycles. The van der Waals surface area contributed by atoms with Gasteiger partial charge in [-0.2, -0.15) is 0 Å². The SMILES string of the molecule is NC(N)=NCCC[C@](N)(C(=O)O)C(F)F.NC(N)=NCCC[C@](N)(C(=O)O)C(F)F. The predicted octanol–water partition coefficient (Wildman–Crippen LogP) is -1.83. The van der Waals surface area contributed by atoms with Crippen molar-refractivity contribution in [2.24, 2.45) is 44.4 Å². The van der Waals surface area contributed by atoms with E-state index in [1.54, 1.807) is 0 Å². The first kappa shape index (κ1) is 29.3. The summed E-state index contributed by atoms with van der Waals surface area (Å²) in [4.78, 5) is 28.1. The van der Waals surface area contributed by atoms with E-state index in [1.165, 1.54) is 0 Å². The number of hydrogen-bond acceptors (Lipinski definition) is 6. The molecular formula is C14H28F4N8O4. The third-order valence-corrected chi connectivity index (χ3v) is 3.66. The number of carboxylic acid groups (broad SMARTS) is 2. The number of alkyl halides is 4. The fraction of sp³-hybridized carbons (Fsp3) is 0.714. The van der Waals surface area contributed by atoms with Crippen molar-refractivity contribution in [3.8, 4) is 0 Å². The highest BCUT2D eigenvalue weighted by Crippen LogP contribution is 2.20. The lowest BCUT2D eigenvalue weighted by Crippen LogP contribution is -2.54. The van der Waals surface area contributed by atoms with Crippen molar-refractivity contribution in [1.82, 2.24) is 0 Å². The first-order valence-electron chi connectivity index (χ1n) is 8.32. The van der Waals surface area contributed by atoms with E-state index in [4.69, 9.17) is 44.6 Å². The zero-order chi connectivity index (χ0) is 24.1. The molecule has 0 rings (SSSR count). The second-order valence-corrected chi connectivity index (χ2v) is 6.11. The Hall–Kier alpha value is -2.88. The number of aliphatic carboxylic acids is 2. The summed E-state index contributed by atoms with van der Waals surface area (Å²) in [6, 6.07) is 0. The van der Waals surface area contributed by atoms with Crippen LogP contribution in [0.1, 0.15) is 25.7 Å². The number of hydrogen-bond donors (Lipinski definition) is 8. The highest BCUT2D eigenvalue weighted by Gasteiger charge is 2.43. The molecule has 176 valence electrons. The van der Waals surface area contributed by atoms with Crippen LogP contribution in [0.5, 0.6) is 0 Å². The number of rotatable bonds is 12. The summed E-state index contributed by atoms with van der Waals surface area (Å²) >= 11 is 0. The third-order valence-electron chi connectivity index (χ3n) is 3.66. The zero-order valence-electron chi connectivity index (χ0n) is 16.0.